The van der Waals surface area contributed by atoms with E-state index in [4.69, 9.17) is 21.1 Å². The molecule has 1 aliphatic carbocycles. The summed E-state index contributed by atoms with van der Waals surface area (Å²) in [5.74, 6) is -0.511. The number of hydrogen-bond donors (Lipinski definition) is 0. The molecule has 6 rings (SSSR count). The van der Waals surface area contributed by atoms with Crippen LogP contribution in [0.1, 0.15) is 58.5 Å². The monoisotopic (exact) mass is 555 g/mol. The predicted molar refractivity (Wildman–Crippen MR) is 155 cm³/mol. The van der Waals surface area contributed by atoms with Gasteiger partial charge in [0.2, 0.25) is 0 Å². The van der Waals surface area contributed by atoms with E-state index in [2.05, 4.69) is 0 Å². The average molecular weight is 556 g/mol. The van der Waals surface area contributed by atoms with E-state index in [0.717, 1.165) is 11.3 Å². The Morgan fingerprint density at radius 1 is 0.925 bits per heavy atom. The SMILES string of the molecule is COc1ccc(OC)c([C@H]2[C@@H](C(=O)C(C)(C)C)N3c4ccc(Cl)cc4C=C[C@@H]3C23C(=O)c2ccccc2C3=O)c1. The number of benzene rings is 3. The standard InChI is InChI=1S/C33H30ClNO5/c1-32(2,3)31(38)28-27(23-17-20(39-4)12-14-25(23)40-5)33(29(36)21-8-6-7-9-22(21)30(33)37)26-15-10-18-16-19(34)11-13-24(18)35(26)28/h6-17,26-28H,1-5H3/t26-,27+,28+/m1/s1. The topological polar surface area (TPSA) is 72.9 Å². The smallest absolute Gasteiger partial charge is 0.180 e. The number of rotatable bonds is 4. The number of nitrogens with zero attached hydrogens (tertiary/aromatic N) is 1. The number of ether oxygens (including phenoxy) is 2. The first-order chi connectivity index (χ1) is 19.0. The fourth-order valence-corrected chi connectivity index (χ4v) is 7.00. The first kappa shape index (κ1) is 26.3. The van der Waals surface area contributed by atoms with Gasteiger partial charge in [-0.05, 0) is 42.0 Å². The Bertz CT molecular complexity index is 1580. The third-order valence-electron chi connectivity index (χ3n) is 8.55. The van der Waals surface area contributed by atoms with Crippen LogP contribution in [-0.2, 0) is 4.79 Å². The fraction of sp³-hybridized carbons (Fsp3) is 0.303. The van der Waals surface area contributed by atoms with Crippen molar-refractivity contribution in [2.45, 2.75) is 38.8 Å². The highest BCUT2D eigenvalue weighted by atomic mass is 35.5. The first-order valence-corrected chi connectivity index (χ1v) is 13.6. The van der Waals surface area contributed by atoms with Gasteiger partial charge in [0.1, 0.15) is 16.9 Å². The Morgan fingerprint density at radius 3 is 2.20 bits per heavy atom. The van der Waals surface area contributed by atoms with Gasteiger partial charge in [0.05, 0.1) is 26.3 Å². The molecule has 1 saturated heterocycles. The van der Waals surface area contributed by atoms with E-state index in [-0.39, 0.29) is 17.3 Å². The number of hydrogen-bond acceptors (Lipinski definition) is 6. The normalized spacial score (nSPS) is 22.2. The highest BCUT2D eigenvalue weighted by Gasteiger charge is 2.72. The van der Waals surface area contributed by atoms with Gasteiger partial charge in [0.15, 0.2) is 17.3 Å². The lowest BCUT2D eigenvalue weighted by Crippen LogP contribution is -2.49. The number of halogens is 1. The van der Waals surface area contributed by atoms with Gasteiger partial charge in [0, 0.05) is 38.7 Å². The van der Waals surface area contributed by atoms with E-state index in [1.54, 1.807) is 62.8 Å². The van der Waals surface area contributed by atoms with Crippen molar-refractivity contribution in [1.29, 1.82) is 0 Å². The molecular weight excluding hydrogens is 526 g/mol. The zero-order valence-corrected chi connectivity index (χ0v) is 23.8. The van der Waals surface area contributed by atoms with Crippen LogP contribution in [0.2, 0.25) is 5.02 Å². The quantitative estimate of drug-likeness (QED) is 0.347. The van der Waals surface area contributed by atoms with Crippen molar-refractivity contribution in [2.24, 2.45) is 10.8 Å². The summed E-state index contributed by atoms with van der Waals surface area (Å²) in [7, 11) is 3.10. The molecule has 3 aromatic carbocycles. The molecule has 204 valence electrons. The lowest BCUT2D eigenvalue weighted by Gasteiger charge is -2.38. The molecule has 0 bridgehead atoms. The highest BCUT2D eigenvalue weighted by Crippen LogP contribution is 2.62. The van der Waals surface area contributed by atoms with Gasteiger partial charge in [0.25, 0.3) is 0 Å². The molecule has 0 amide bonds. The van der Waals surface area contributed by atoms with E-state index in [1.807, 2.05) is 50.0 Å². The number of ketones is 3. The highest BCUT2D eigenvalue weighted by molar-refractivity contribution is 6.32. The molecule has 3 aliphatic rings. The van der Waals surface area contributed by atoms with Crippen molar-refractivity contribution >= 4 is 40.7 Å². The molecule has 2 heterocycles. The number of Topliss-reactive ketones (excluding diaryl/α,β-unsaturated/α-hetero) is 3. The molecule has 7 heteroatoms. The minimum Gasteiger partial charge on any atom is -0.497 e. The van der Waals surface area contributed by atoms with Crippen molar-refractivity contribution in [3.63, 3.8) is 0 Å². The summed E-state index contributed by atoms with van der Waals surface area (Å²) in [6, 6.07) is 16.2. The third kappa shape index (κ3) is 3.45. The minimum atomic E-state index is -1.61. The molecule has 0 unspecified atom stereocenters. The summed E-state index contributed by atoms with van der Waals surface area (Å²) in [6.45, 7) is 5.60. The Hall–Kier alpha value is -3.90. The largest absolute Gasteiger partial charge is 0.497 e. The van der Waals surface area contributed by atoms with E-state index in [1.165, 1.54) is 0 Å². The first-order valence-electron chi connectivity index (χ1n) is 13.3. The number of carbonyl (C=O) groups is 3. The number of carbonyl (C=O) groups excluding carboxylic acids is 3. The molecule has 0 saturated carbocycles. The summed E-state index contributed by atoms with van der Waals surface area (Å²) in [6.07, 6.45) is 3.79. The fourth-order valence-electron chi connectivity index (χ4n) is 6.82. The molecule has 2 aliphatic heterocycles. The molecule has 3 atom stereocenters. The second-order valence-electron chi connectivity index (χ2n) is 11.6. The minimum absolute atomic E-state index is 0.0861. The van der Waals surface area contributed by atoms with E-state index in [0.29, 0.717) is 33.2 Å². The summed E-state index contributed by atoms with van der Waals surface area (Å²) < 4.78 is 11.4. The van der Waals surface area contributed by atoms with Crippen LogP contribution >= 0.6 is 11.6 Å². The average Bonchev–Trinajstić information content (AvgIpc) is 3.37. The maximum atomic E-state index is 14.7. The summed E-state index contributed by atoms with van der Waals surface area (Å²) in [4.78, 5) is 46.0. The van der Waals surface area contributed by atoms with Crippen LogP contribution < -0.4 is 14.4 Å². The van der Waals surface area contributed by atoms with E-state index < -0.39 is 28.8 Å². The number of methoxy groups -OCH3 is 2. The second kappa shape index (κ2) is 9.07. The molecular formula is C33H30ClNO5. The third-order valence-corrected chi connectivity index (χ3v) is 8.78. The van der Waals surface area contributed by atoms with Gasteiger partial charge in [-0.3, -0.25) is 14.4 Å². The van der Waals surface area contributed by atoms with Crippen molar-refractivity contribution in [3.05, 3.63) is 94.0 Å². The Morgan fingerprint density at radius 2 is 1.60 bits per heavy atom. The van der Waals surface area contributed by atoms with Gasteiger partial charge in [-0.25, -0.2) is 0 Å². The van der Waals surface area contributed by atoms with Gasteiger partial charge >= 0.3 is 0 Å². The van der Waals surface area contributed by atoms with E-state index in [9.17, 15) is 14.4 Å². The van der Waals surface area contributed by atoms with Gasteiger partial charge < -0.3 is 14.4 Å². The van der Waals surface area contributed by atoms with Gasteiger partial charge in [-0.2, -0.15) is 0 Å². The molecule has 0 radical (unpaired) electrons. The van der Waals surface area contributed by atoms with Crippen molar-refractivity contribution in [3.8, 4) is 11.5 Å². The molecule has 1 fully saturated rings. The van der Waals surface area contributed by atoms with Crippen molar-refractivity contribution in [1.82, 2.24) is 0 Å². The van der Waals surface area contributed by atoms with Crippen LogP contribution in [0.5, 0.6) is 11.5 Å². The summed E-state index contributed by atoms with van der Waals surface area (Å²) in [5.41, 5.74) is 0.507. The molecule has 6 nitrogen and oxygen atoms in total. The van der Waals surface area contributed by atoms with Crippen LogP contribution in [-0.4, -0.2) is 43.7 Å². The zero-order chi connectivity index (χ0) is 28.6. The Balaban J connectivity index is 1.74. The molecule has 0 aromatic heterocycles. The summed E-state index contributed by atoms with van der Waals surface area (Å²) in [5, 5.41) is 0.556. The van der Waals surface area contributed by atoms with Crippen LogP contribution in [0, 0.1) is 10.8 Å². The van der Waals surface area contributed by atoms with Crippen LogP contribution in [0.25, 0.3) is 6.08 Å². The van der Waals surface area contributed by atoms with Crippen LogP contribution in [0.3, 0.4) is 0 Å². The predicted octanol–water partition coefficient (Wildman–Crippen LogP) is 6.41. The molecule has 40 heavy (non-hydrogen) atoms. The lowest BCUT2D eigenvalue weighted by atomic mass is 9.63. The molecule has 0 N–H and O–H groups in total. The lowest BCUT2D eigenvalue weighted by molar-refractivity contribution is -0.127. The van der Waals surface area contributed by atoms with Crippen molar-refractivity contribution < 1.29 is 23.9 Å². The maximum absolute atomic E-state index is 14.7. The van der Waals surface area contributed by atoms with E-state index >= 15 is 0 Å². The van der Waals surface area contributed by atoms with Gasteiger partial charge in [-0.15, -0.1) is 0 Å². The number of anilines is 1. The van der Waals surface area contributed by atoms with Crippen LogP contribution in [0.4, 0.5) is 5.69 Å². The van der Waals surface area contributed by atoms with Crippen LogP contribution in [0.15, 0.2) is 66.7 Å². The molecule has 3 aromatic rings. The maximum Gasteiger partial charge on any atom is 0.180 e. The second-order valence-corrected chi connectivity index (χ2v) is 12.1. The zero-order valence-electron chi connectivity index (χ0n) is 23.0. The molecule has 1 spiro atoms. The number of fused-ring (bicyclic) bond motifs is 5. The van der Waals surface area contributed by atoms with Gasteiger partial charge in [-0.1, -0.05) is 68.8 Å². The van der Waals surface area contributed by atoms with Crippen molar-refractivity contribution in [2.75, 3.05) is 19.1 Å². The summed E-state index contributed by atoms with van der Waals surface area (Å²) >= 11 is 6.36. The Kier molecular flexibility index (Phi) is 5.97. The Labute approximate surface area is 238 Å².